The van der Waals surface area contributed by atoms with Crippen molar-refractivity contribution in [3.05, 3.63) is 58.3 Å². The number of ether oxygens (including phenoxy) is 1. The lowest BCUT2D eigenvalue weighted by Gasteiger charge is -2.45. The zero-order valence-electron chi connectivity index (χ0n) is 17.2. The molecule has 30 heavy (non-hydrogen) atoms. The summed E-state index contributed by atoms with van der Waals surface area (Å²) in [5.41, 5.74) is 1.73. The van der Waals surface area contributed by atoms with E-state index in [-0.39, 0.29) is 11.7 Å². The van der Waals surface area contributed by atoms with Crippen LogP contribution in [0.5, 0.6) is 0 Å². The number of carboxylic acids is 1. The first kappa shape index (κ1) is 22.4. The molecule has 2 heterocycles. The fourth-order valence-electron chi connectivity index (χ4n) is 4.05. The molecule has 0 aromatic heterocycles. The van der Waals surface area contributed by atoms with Gasteiger partial charge in [-0.3, -0.25) is 4.90 Å². The summed E-state index contributed by atoms with van der Waals surface area (Å²) in [7, 11) is 0. The standard InChI is InChI=1S/C22H27F3N2O3/c1-3-4-18-20(21(28)29)15(2)13-19(26-9-11-30-12-10-26)27(18)14-16-5-7-17(8-6-16)22(23,24)25/h5-8,13,19H,3-4,9-12,14H2,1-2H3,(H,28,29). The van der Waals surface area contributed by atoms with E-state index in [0.717, 1.165) is 24.3 Å². The summed E-state index contributed by atoms with van der Waals surface area (Å²) in [6.07, 6.45) is -1.27. The Morgan fingerprint density at radius 1 is 1.20 bits per heavy atom. The molecule has 5 nitrogen and oxygen atoms in total. The van der Waals surface area contributed by atoms with Crippen LogP contribution in [0.4, 0.5) is 13.2 Å². The van der Waals surface area contributed by atoms with E-state index in [1.165, 1.54) is 12.1 Å². The van der Waals surface area contributed by atoms with E-state index in [4.69, 9.17) is 4.74 Å². The Morgan fingerprint density at radius 2 is 1.83 bits per heavy atom. The number of alkyl halides is 3. The topological polar surface area (TPSA) is 53.0 Å². The molecule has 1 aromatic carbocycles. The number of rotatable bonds is 6. The molecular formula is C22H27F3N2O3. The van der Waals surface area contributed by atoms with Crippen LogP contribution in [-0.4, -0.2) is 53.3 Å². The molecule has 1 atom stereocenters. The minimum Gasteiger partial charge on any atom is -0.478 e. The average Bonchev–Trinajstić information content (AvgIpc) is 2.70. The molecule has 0 saturated carbocycles. The quantitative estimate of drug-likeness (QED) is 0.740. The van der Waals surface area contributed by atoms with E-state index in [1.54, 1.807) is 0 Å². The van der Waals surface area contributed by atoms with Crippen LogP contribution in [0.25, 0.3) is 0 Å². The highest BCUT2D eigenvalue weighted by Crippen LogP contribution is 2.34. The predicted molar refractivity (Wildman–Crippen MR) is 106 cm³/mol. The van der Waals surface area contributed by atoms with E-state index < -0.39 is 17.7 Å². The van der Waals surface area contributed by atoms with Gasteiger partial charge in [0.2, 0.25) is 0 Å². The fourth-order valence-corrected chi connectivity index (χ4v) is 4.05. The predicted octanol–water partition coefficient (Wildman–Crippen LogP) is 4.26. The molecule has 1 unspecified atom stereocenters. The summed E-state index contributed by atoms with van der Waals surface area (Å²) in [6.45, 7) is 6.73. The minimum atomic E-state index is -4.39. The van der Waals surface area contributed by atoms with Crippen molar-refractivity contribution in [2.45, 2.75) is 45.6 Å². The molecule has 1 fully saturated rings. The number of morpholine rings is 1. The van der Waals surface area contributed by atoms with Crippen LogP contribution < -0.4 is 0 Å². The first-order chi connectivity index (χ1) is 14.2. The van der Waals surface area contributed by atoms with Crippen molar-refractivity contribution in [1.29, 1.82) is 0 Å². The summed E-state index contributed by atoms with van der Waals surface area (Å²) in [5.74, 6) is -0.981. The molecule has 8 heteroatoms. The molecule has 1 aromatic rings. The smallest absolute Gasteiger partial charge is 0.416 e. The number of benzene rings is 1. The first-order valence-electron chi connectivity index (χ1n) is 10.1. The van der Waals surface area contributed by atoms with Gasteiger partial charge in [0.05, 0.1) is 24.4 Å². The van der Waals surface area contributed by atoms with Crippen molar-refractivity contribution in [2.75, 3.05) is 26.3 Å². The van der Waals surface area contributed by atoms with Crippen LogP contribution in [0.3, 0.4) is 0 Å². The van der Waals surface area contributed by atoms with Crippen molar-refractivity contribution in [2.24, 2.45) is 0 Å². The van der Waals surface area contributed by atoms with Gasteiger partial charge in [0.25, 0.3) is 0 Å². The van der Waals surface area contributed by atoms with Crippen molar-refractivity contribution >= 4 is 5.97 Å². The fraction of sp³-hybridized carbons (Fsp3) is 0.500. The lowest BCUT2D eigenvalue weighted by Crippen LogP contribution is -2.52. The van der Waals surface area contributed by atoms with Crippen LogP contribution in [-0.2, 0) is 22.3 Å². The van der Waals surface area contributed by atoms with Gasteiger partial charge < -0.3 is 14.7 Å². The number of hydrogen-bond acceptors (Lipinski definition) is 4. The molecule has 0 spiro atoms. The summed E-state index contributed by atoms with van der Waals surface area (Å²) >= 11 is 0. The number of carbonyl (C=O) groups is 1. The second-order valence-corrected chi connectivity index (χ2v) is 7.61. The van der Waals surface area contributed by atoms with Crippen molar-refractivity contribution in [3.63, 3.8) is 0 Å². The van der Waals surface area contributed by atoms with Gasteiger partial charge in [-0.2, -0.15) is 13.2 Å². The second-order valence-electron chi connectivity index (χ2n) is 7.61. The van der Waals surface area contributed by atoms with Crippen molar-refractivity contribution in [1.82, 2.24) is 9.80 Å². The molecule has 2 aliphatic heterocycles. The Bertz CT molecular complexity index is 825. The Hall–Kier alpha value is -2.32. The number of aliphatic carboxylic acids is 1. The third-order valence-corrected chi connectivity index (χ3v) is 5.50. The van der Waals surface area contributed by atoms with E-state index in [2.05, 4.69) is 4.90 Å². The van der Waals surface area contributed by atoms with Crippen molar-refractivity contribution in [3.8, 4) is 0 Å². The van der Waals surface area contributed by atoms with Gasteiger partial charge in [-0.1, -0.05) is 25.5 Å². The number of nitrogens with zero attached hydrogens (tertiary/aromatic N) is 2. The molecule has 0 aliphatic carbocycles. The second kappa shape index (κ2) is 9.22. The Kier molecular flexibility index (Phi) is 6.88. The molecule has 2 aliphatic rings. The maximum absolute atomic E-state index is 12.9. The summed E-state index contributed by atoms with van der Waals surface area (Å²) in [4.78, 5) is 16.3. The van der Waals surface area contributed by atoms with Gasteiger partial charge in [0.1, 0.15) is 6.17 Å². The van der Waals surface area contributed by atoms with E-state index in [0.29, 0.717) is 50.4 Å². The molecular weight excluding hydrogens is 397 g/mol. The molecule has 0 bridgehead atoms. The summed E-state index contributed by atoms with van der Waals surface area (Å²) in [5, 5.41) is 9.83. The van der Waals surface area contributed by atoms with Crippen molar-refractivity contribution < 1.29 is 27.8 Å². The molecule has 1 N–H and O–H groups in total. The molecule has 0 radical (unpaired) electrons. The zero-order valence-corrected chi connectivity index (χ0v) is 17.2. The normalized spacial score (nSPS) is 21.0. The molecule has 3 rings (SSSR count). The molecule has 0 amide bonds. The highest BCUT2D eigenvalue weighted by Gasteiger charge is 2.34. The third kappa shape index (κ3) is 4.87. The van der Waals surface area contributed by atoms with Gasteiger partial charge in [0, 0.05) is 25.3 Å². The largest absolute Gasteiger partial charge is 0.478 e. The maximum atomic E-state index is 12.9. The summed E-state index contributed by atoms with van der Waals surface area (Å²) < 4.78 is 44.2. The van der Waals surface area contributed by atoms with Crippen LogP contribution in [0.2, 0.25) is 0 Å². The minimum absolute atomic E-state index is 0.166. The highest BCUT2D eigenvalue weighted by atomic mass is 19.4. The van der Waals surface area contributed by atoms with Crippen LogP contribution in [0.1, 0.15) is 37.8 Å². The number of hydrogen-bond donors (Lipinski definition) is 1. The average molecular weight is 424 g/mol. The van der Waals surface area contributed by atoms with E-state index in [9.17, 15) is 23.1 Å². The zero-order chi connectivity index (χ0) is 21.9. The monoisotopic (exact) mass is 424 g/mol. The Morgan fingerprint density at radius 3 is 2.37 bits per heavy atom. The molecule has 164 valence electrons. The van der Waals surface area contributed by atoms with E-state index >= 15 is 0 Å². The van der Waals surface area contributed by atoms with Crippen LogP contribution in [0, 0.1) is 0 Å². The lowest BCUT2D eigenvalue weighted by molar-refractivity contribution is -0.137. The Labute approximate surface area is 174 Å². The summed E-state index contributed by atoms with van der Waals surface area (Å²) in [6, 6.07) is 5.08. The van der Waals surface area contributed by atoms with Gasteiger partial charge in [-0.15, -0.1) is 0 Å². The van der Waals surface area contributed by atoms with Gasteiger partial charge >= 0.3 is 12.1 Å². The van der Waals surface area contributed by atoms with Gasteiger partial charge in [-0.05, 0) is 42.7 Å². The van der Waals surface area contributed by atoms with Crippen LogP contribution >= 0.6 is 0 Å². The third-order valence-electron chi connectivity index (χ3n) is 5.50. The highest BCUT2D eigenvalue weighted by molar-refractivity contribution is 5.92. The number of allylic oxidation sites excluding steroid dienone is 1. The SMILES string of the molecule is CCCC1=C(C(=O)O)C(C)=CC(N2CCOCC2)N1Cc1ccc(C(F)(F)F)cc1. The number of carboxylic acid groups (broad SMARTS) is 1. The van der Waals surface area contributed by atoms with Gasteiger partial charge in [-0.25, -0.2) is 4.79 Å². The van der Waals surface area contributed by atoms with Crippen LogP contribution in [0.15, 0.2) is 47.2 Å². The number of halogens is 3. The Balaban J connectivity index is 1.98. The van der Waals surface area contributed by atoms with Gasteiger partial charge in [0.15, 0.2) is 0 Å². The molecule has 1 saturated heterocycles. The maximum Gasteiger partial charge on any atom is 0.416 e. The van der Waals surface area contributed by atoms with E-state index in [1.807, 2.05) is 24.8 Å². The lowest BCUT2D eigenvalue weighted by atomic mass is 9.95. The first-order valence-corrected chi connectivity index (χ1v) is 10.1.